The van der Waals surface area contributed by atoms with Gasteiger partial charge in [0.25, 0.3) is 0 Å². The molecule has 0 aliphatic carbocycles. The molecule has 2 aromatic carbocycles. The second-order valence-corrected chi connectivity index (χ2v) is 9.82. The zero-order chi connectivity index (χ0) is 18.3. The van der Waals surface area contributed by atoms with Crippen molar-refractivity contribution >= 4 is 7.75 Å². The van der Waals surface area contributed by atoms with Gasteiger partial charge in [-0.05, 0) is 17.5 Å². The van der Waals surface area contributed by atoms with Crippen molar-refractivity contribution in [2.45, 2.75) is 45.4 Å². The van der Waals surface area contributed by atoms with E-state index in [9.17, 15) is 4.57 Å². The van der Waals surface area contributed by atoms with Crippen LogP contribution >= 0.6 is 7.75 Å². The molecule has 1 heterocycles. The van der Waals surface area contributed by atoms with Crippen LogP contribution in [0.25, 0.3) is 0 Å². The highest BCUT2D eigenvalue weighted by molar-refractivity contribution is 7.52. The topological polar surface area (TPSA) is 47.6 Å². The molecule has 1 atom stereocenters. The molecule has 0 saturated heterocycles. The van der Waals surface area contributed by atoms with E-state index in [0.29, 0.717) is 18.0 Å². The van der Waals surface area contributed by atoms with E-state index in [2.05, 4.69) is 39.7 Å². The Balaban J connectivity index is 1.99. The van der Waals surface area contributed by atoms with Gasteiger partial charge in [0, 0.05) is 23.1 Å². The first-order valence-corrected chi connectivity index (χ1v) is 10.1. The molecule has 1 aliphatic heterocycles. The predicted octanol–water partition coefficient (Wildman–Crippen LogP) is 5.43. The van der Waals surface area contributed by atoms with Crippen LogP contribution in [0.3, 0.4) is 0 Å². The molecule has 0 bridgehead atoms. The number of benzene rings is 2. The van der Waals surface area contributed by atoms with E-state index < -0.39 is 7.75 Å². The van der Waals surface area contributed by atoms with Crippen molar-refractivity contribution < 1.29 is 13.6 Å². The molecular weight excluding hydrogens is 333 g/mol. The summed E-state index contributed by atoms with van der Waals surface area (Å²) in [6.45, 7) is 11.0. The largest absolute Gasteiger partial charge is 0.512 e. The molecule has 1 unspecified atom stereocenters. The van der Waals surface area contributed by atoms with Crippen LogP contribution in [0.1, 0.15) is 45.7 Å². The van der Waals surface area contributed by atoms with Crippen LogP contribution in [0.5, 0.6) is 11.5 Å². The summed E-state index contributed by atoms with van der Waals surface area (Å²) in [6.07, 6.45) is 0. The summed E-state index contributed by atoms with van der Waals surface area (Å²) in [5.74, 6) is 1.19. The highest BCUT2D eigenvalue weighted by Gasteiger charge is 2.39. The molecule has 0 spiro atoms. The normalized spacial score (nSPS) is 22.4. The Morgan fingerprint density at radius 3 is 2.44 bits per heavy atom. The van der Waals surface area contributed by atoms with Gasteiger partial charge in [0.1, 0.15) is 11.5 Å². The average Bonchev–Trinajstić information content (AvgIpc) is 2.62. The Morgan fingerprint density at radius 1 is 1.08 bits per heavy atom. The van der Waals surface area contributed by atoms with E-state index in [4.69, 9.17) is 9.05 Å². The van der Waals surface area contributed by atoms with Crippen LogP contribution in [0.2, 0.25) is 0 Å². The summed E-state index contributed by atoms with van der Waals surface area (Å²) in [7, 11) is -3.54. The lowest BCUT2D eigenvalue weighted by Gasteiger charge is -2.25. The van der Waals surface area contributed by atoms with Crippen LogP contribution < -0.4 is 14.1 Å². The average molecular weight is 359 g/mol. The molecule has 1 N–H and O–H groups in total. The Hall–Kier alpha value is -1.77. The summed E-state index contributed by atoms with van der Waals surface area (Å²) in [6, 6.07) is 15.4. The number of hydrogen-bond donors (Lipinski definition) is 1. The van der Waals surface area contributed by atoms with Gasteiger partial charge in [-0.25, -0.2) is 9.65 Å². The third-order valence-electron chi connectivity index (χ3n) is 4.46. The zero-order valence-corrected chi connectivity index (χ0v) is 16.4. The lowest BCUT2D eigenvalue weighted by atomic mass is 9.84. The second-order valence-electron chi connectivity index (χ2n) is 8.14. The van der Waals surface area contributed by atoms with Crippen LogP contribution in [0.15, 0.2) is 48.5 Å². The molecule has 0 saturated carbocycles. The molecule has 3 rings (SSSR count). The van der Waals surface area contributed by atoms with Gasteiger partial charge < -0.3 is 9.05 Å². The van der Waals surface area contributed by atoms with Crippen LogP contribution in [-0.2, 0) is 15.4 Å². The van der Waals surface area contributed by atoms with Crippen molar-refractivity contribution in [1.82, 2.24) is 5.09 Å². The van der Waals surface area contributed by atoms with Crippen LogP contribution in [0.4, 0.5) is 0 Å². The maximum Gasteiger partial charge on any atom is 0.512 e. The van der Waals surface area contributed by atoms with E-state index in [1.807, 2.05) is 48.5 Å². The molecule has 2 aromatic rings. The van der Waals surface area contributed by atoms with Crippen molar-refractivity contribution in [3.8, 4) is 11.5 Å². The highest BCUT2D eigenvalue weighted by Crippen LogP contribution is 2.51. The summed E-state index contributed by atoms with van der Waals surface area (Å²) >= 11 is 0. The van der Waals surface area contributed by atoms with Crippen molar-refractivity contribution in [1.29, 1.82) is 0 Å². The number of hydrogen-bond acceptors (Lipinski definition) is 3. The van der Waals surface area contributed by atoms with E-state index in [0.717, 1.165) is 11.1 Å². The maximum absolute atomic E-state index is 13.4. The van der Waals surface area contributed by atoms with Gasteiger partial charge in [0.05, 0.1) is 0 Å². The van der Waals surface area contributed by atoms with Crippen molar-refractivity contribution in [2.75, 3.05) is 6.54 Å². The van der Waals surface area contributed by atoms with E-state index in [1.165, 1.54) is 0 Å². The fourth-order valence-electron chi connectivity index (χ4n) is 3.00. The molecule has 0 amide bonds. The molecule has 25 heavy (non-hydrogen) atoms. The first kappa shape index (κ1) is 18.0. The molecule has 5 heteroatoms. The quantitative estimate of drug-likeness (QED) is 0.726. The molecule has 4 nitrogen and oxygen atoms in total. The molecule has 134 valence electrons. The minimum atomic E-state index is -3.54. The van der Waals surface area contributed by atoms with Gasteiger partial charge in [0.15, 0.2) is 0 Å². The number of nitrogens with one attached hydrogen (secondary N) is 1. The first-order chi connectivity index (χ1) is 11.6. The van der Waals surface area contributed by atoms with Gasteiger partial charge in [0.2, 0.25) is 0 Å². The van der Waals surface area contributed by atoms with Crippen LogP contribution in [0, 0.1) is 0 Å². The standard InChI is InChI=1S/C20H26NO3P/c1-19(2,3)15-10-6-8-12-17(15)23-25(22)21-14-20(4,5)16-11-7-9-13-18(16)24-25/h6-13H,14H2,1-5H3,(H,21,22). The van der Waals surface area contributed by atoms with Crippen LogP contribution in [-0.4, -0.2) is 6.54 Å². The Labute approximate surface area is 150 Å². The Kier molecular flexibility index (Phi) is 4.47. The minimum Gasteiger partial charge on any atom is -0.404 e. The van der Waals surface area contributed by atoms with Gasteiger partial charge in [-0.2, -0.15) is 0 Å². The monoisotopic (exact) mass is 359 g/mol. The molecule has 0 aromatic heterocycles. The third kappa shape index (κ3) is 3.75. The maximum atomic E-state index is 13.4. The SMILES string of the molecule is CC(C)(C)c1ccccc1OP1(=O)NCC(C)(C)c2ccccc2O1. The first-order valence-electron chi connectivity index (χ1n) is 8.54. The van der Waals surface area contributed by atoms with Gasteiger partial charge in [-0.3, -0.25) is 0 Å². The molecular formula is C20H26NO3P. The van der Waals surface area contributed by atoms with E-state index in [1.54, 1.807) is 0 Å². The van der Waals surface area contributed by atoms with Gasteiger partial charge in [-0.15, -0.1) is 0 Å². The Bertz CT molecular complexity index is 824. The second kappa shape index (κ2) is 6.19. The molecule has 0 fully saturated rings. The van der Waals surface area contributed by atoms with E-state index >= 15 is 0 Å². The Morgan fingerprint density at radius 2 is 1.72 bits per heavy atom. The summed E-state index contributed by atoms with van der Waals surface area (Å²) < 4.78 is 25.2. The number of fused-ring (bicyclic) bond motifs is 1. The van der Waals surface area contributed by atoms with Gasteiger partial charge >= 0.3 is 7.75 Å². The fraction of sp³-hybridized carbons (Fsp3) is 0.400. The number of para-hydroxylation sites is 2. The highest BCUT2D eigenvalue weighted by atomic mass is 31.2. The predicted molar refractivity (Wildman–Crippen MR) is 101 cm³/mol. The minimum absolute atomic E-state index is 0.126. The summed E-state index contributed by atoms with van der Waals surface area (Å²) in [5, 5.41) is 3.03. The zero-order valence-electron chi connectivity index (χ0n) is 15.5. The third-order valence-corrected chi connectivity index (χ3v) is 5.88. The molecule has 1 aliphatic rings. The van der Waals surface area contributed by atoms with Crippen molar-refractivity contribution in [3.05, 3.63) is 59.7 Å². The smallest absolute Gasteiger partial charge is 0.404 e. The lowest BCUT2D eigenvalue weighted by molar-refractivity contribution is 0.369. The fourth-order valence-corrected chi connectivity index (χ4v) is 4.59. The molecule has 0 radical (unpaired) electrons. The van der Waals surface area contributed by atoms with Crippen molar-refractivity contribution in [3.63, 3.8) is 0 Å². The lowest BCUT2D eigenvalue weighted by Crippen LogP contribution is -2.30. The summed E-state index contributed by atoms with van der Waals surface area (Å²) in [5.41, 5.74) is 1.68. The summed E-state index contributed by atoms with van der Waals surface area (Å²) in [4.78, 5) is 0. The van der Waals surface area contributed by atoms with Crippen molar-refractivity contribution in [2.24, 2.45) is 0 Å². The van der Waals surface area contributed by atoms with E-state index in [-0.39, 0.29) is 10.8 Å². The van der Waals surface area contributed by atoms with Gasteiger partial charge in [-0.1, -0.05) is 71.0 Å². The number of rotatable bonds is 2.